The Labute approximate surface area is 142 Å². The first-order valence-electron chi connectivity index (χ1n) is 7.13. The van der Waals surface area contributed by atoms with Crippen LogP contribution in [0.15, 0.2) is 30.3 Å². The van der Waals surface area contributed by atoms with Crippen molar-refractivity contribution in [2.45, 2.75) is 13.8 Å². The average Bonchev–Trinajstić information content (AvgIpc) is 2.52. The van der Waals surface area contributed by atoms with Gasteiger partial charge >= 0.3 is 5.97 Å². The van der Waals surface area contributed by atoms with Gasteiger partial charge in [-0.3, -0.25) is 20.2 Å². The highest BCUT2D eigenvalue weighted by Crippen LogP contribution is 2.36. The van der Waals surface area contributed by atoms with E-state index in [2.05, 4.69) is 10.1 Å². The topological polar surface area (TPSA) is 125 Å². The number of nitro benzene ring substituents is 2. The second kappa shape index (κ2) is 6.95. The molecule has 2 aromatic carbocycles. The first kappa shape index (κ1) is 17.9. The Bertz CT molecular complexity index is 858. The number of nitrogens with zero attached hydrogens (tertiary/aromatic N) is 2. The molecule has 0 radical (unpaired) electrons. The van der Waals surface area contributed by atoms with Crippen molar-refractivity contribution in [2.75, 3.05) is 12.4 Å². The van der Waals surface area contributed by atoms with Gasteiger partial charge in [-0.2, -0.15) is 0 Å². The maximum Gasteiger partial charge on any atom is 0.340 e. The minimum Gasteiger partial charge on any atom is -0.465 e. The molecule has 0 amide bonds. The smallest absolute Gasteiger partial charge is 0.340 e. The minimum absolute atomic E-state index is 0.160. The lowest BCUT2D eigenvalue weighted by Crippen LogP contribution is -2.09. The summed E-state index contributed by atoms with van der Waals surface area (Å²) >= 11 is 0. The highest BCUT2D eigenvalue weighted by atomic mass is 16.6. The highest BCUT2D eigenvalue weighted by molar-refractivity contribution is 6.00. The number of benzene rings is 2. The lowest BCUT2D eigenvalue weighted by molar-refractivity contribution is -0.393. The number of hydrogen-bond donors (Lipinski definition) is 1. The Morgan fingerprint density at radius 2 is 1.60 bits per heavy atom. The monoisotopic (exact) mass is 345 g/mol. The van der Waals surface area contributed by atoms with Crippen LogP contribution in [0.2, 0.25) is 0 Å². The van der Waals surface area contributed by atoms with Crippen molar-refractivity contribution in [3.8, 4) is 0 Å². The molecule has 0 fully saturated rings. The van der Waals surface area contributed by atoms with Crippen LogP contribution in [0.5, 0.6) is 0 Å². The van der Waals surface area contributed by atoms with Crippen molar-refractivity contribution >= 4 is 28.7 Å². The Morgan fingerprint density at radius 3 is 2.08 bits per heavy atom. The summed E-state index contributed by atoms with van der Waals surface area (Å²) in [5.41, 5.74) is 0.722. The predicted octanol–water partition coefficient (Wildman–Crippen LogP) is 3.65. The summed E-state index contributed by atoms with van der Waals surface area (Å²) in [6.07, 6.45) is 0. The molecule has 0 heterocycles. The first-order chi connectivity index (χ1) is 11.7. The van der Waals surface area contributed by atoms with Gasteiger partial charge in [-0.15, -0.1) is 0 Å². The van der Waals surface area contributed by atoms with E-state index in [9.17, 15) is 25.0 Å². The van der Waals surface area contributed by atoms with Crippen LogP contribution in [-0.4, -0.2) is 22.9 Å². The molecule has 0 spiro atoms. The van der Waals surface area contributed by atoms with Crippen molar-refractivity contribution < 1.29 is 19.4 Å². The summed E-state index contributed by atoms with van der Waals surface area (Å²) in [7, 11) is 1.09. The van der Waals surface area contributed by atoms with E-state index in [0.717, 1.165) is 30.4 Å². The molecule has 0 saturated heterocycles. The van der Waals surface area contributed by atoms with Gasteiger partial charge in [0, 0.05) is 11.8 Å². The van der Waals surface area contributed by atoms with Crippen molar-refractivity contribution in [1.82, 2.24) is 0 Å². The van der Waals surface area contributed by atoms with Crippen molar-refractivity contribution in [1.29, 1.82) is 0 Å². The van der Waals surface area contributed by atoms with E-state index in [1.54, 1.807) is 12.1 Å². The SMILES string of the molecule is COC(=O)c1cc([N+](=O)[O-])cc([N+](=O)[O-])c1Nc1cc(C)cc(C)c1. The lowest BCUT2D eigenvalue weighted by atomic mass is 10.1. The van der Waals surface area contributed by atoms with Crippen molar-refractivity contribution in [2.24, 2.45) is 0 Å². The molecular formula is C16H15N3O6. The maximum atomic E-state index is 12.0. The van der Waals surface area contributed by atoms with Crippen LogP contribution < -0.4 is 5.32 Å². The normalized spacial score (nSPS) is 10.2. The third kappa shape index (κ3) is 3.89. The predicted molar refractivity (Wildman–Crippen MR) is 90.3 cm³/mol. The quantitative estimate of drug-likeness (QED) is 0.498. The Morgan fingerprint density at radius 1 is 1.00 bits per heavy atom. The third-order valence-electron chi connectivity index (χ3n) is 3.41. The fourth-order valence-corrected chi connectivity index (χ4v) is 2.45. The molecule has 2 aromatic rings. The zero-order valence-electron chi connectivity index (χ0n) is 13.7. The summed E-state index contributed by atoms with van der Waals surface area (Å²) < 4.78 is 4.61. The molecular weight excluding hydrogens is 330 g/mol. The number of non-ortho nitro benzene ring substituents is 1. The minimum atomic E-state index is -0.918. The molecule has 0 aliphatic rings. The summed E-state index contributed by atoms with van der Waals surface area (Å²) in [5.74, 6) is -0.918. The van der Waals surface area contributed by atoms with Crippen LogP contribution in [0.25, 0.3) is 0 Å². The van der Waals surface area contributed by atoms with Crippen LogP contribution in [0.1, 0.15) is 21.5 Å². The van der Waals surface area contributed by atoms with Gasteiger partial charge in [-0.1, -0.05) is 6.07 Å². The van der Waals surface area contributed by atoms with Crippen LogP contribution in [0.4, 0.5) is 22.7 Å². The van der Waals surface area contributed by atoms with Crippen LogP contribution >= 0.6 is 0 Å². The summed E-state index contributed by atoms with van der Waals surface area (Å²) in [6, 6.07) is 7.14. The number of hydrogen-bond acceptors (Lipinski definition) is 7. The van der Waals surface area contributed by atoms with E-state index in [-0.39, 0.29) is 11.3 Å². The molecule has 0 bridgehead atoms. The summed E-state index contributed by atoms with van der Waals surface area (Å²) in [6.45, 7) is 3.70. The second-order valence-corrected chi connectivity index (χ2v) is 5.39. The van der Waals surface area contributed by atoms with Gasteiger partial charge in [-0.05, 0) is 37.1 Å². The molecule has 0 unspecified atom stereocenters. The number of anilines is 2. The molecule has 0 aromatic heterocycles. The fraction of sp³-hybridized carbons (Fsp3) is 0.188. The molecule has 0 saturated carbocycles. The maximum absolute atomic E-state index is 12.0. The van der Waals surface area contributed by atoms with Gasteiger partial charge in [0.05, 0.1) is 28.6 Å². The largest absolute Gasteiger partial charge is 0.465 e. The lowest BCUT2D eigenvalue weighted by Gasteiger charge is -2.12. The van der Waals surface area contributed by atoms with Crippen LogP contribution in [0, 0.1) is 34.1 Å². The molecule has 0 aliphatic carbocycles. The van der Waals surface area contributed by atoms with E-state index in [4.69, 9.17) is 0 Å². The van der Waals surface area contributed by atoms with Crippen LogP contribution in [-0.2, 0) is 4.74 Å². The second-order valence-electron chi connectivity index (χ2n) is 5.39. The number of nitro groups is 2. The number of carbonyl (C=O) groups is 1. The van der Waals surface area contributed by atoms with E-state index >= 15 is 0 Å². The molecule has 9 nitrogen and oxygen atoms in total. The van der Waals surface area contributed by atoms with Gasteiger partial charge in [0.1, 0.15) is 5.69 Å². The van der Waals surface area contributed by atoms with Gasteiger partial charge in [0.2, 0.25) is 0 Å². The van der Waals surface area contributed by atoms with E-state index in [1.165, 1.54) is 0 Å². The fourth-order valence-electron chi connectivity index (χ4n) is 2.45. The molecule has 2 rings (SSSR count). The van der Waals surface area contributed by atoms with Gasteiger partial charge in [-0.25, -0.2) is 4.79 Å². The molecule has 9 heteroatoms. The molecule has 130 valence electrons. The zero-order chi connectivity index (χ0) is 18.7. The molecule has 25 heavy (non-hydrogen) atoms. The van der Waals surface area contributed by atoms with E-state index in [1.807, 2.05) is 19.9 Å². The van der Waals surface area contributed by atoms with Crippen molar-refractivity contribution in [3.05, 3.63) is 67.3 Å². The standard InChI is InChI=1S/C16H15N3O6/c1-9-4-10(2)6-11(5-9)17-15-13(16(20)25-3)7-12(18(21)22)8-14(15)19(23)24/h4-8,17H,1-3H3. The Hall–Kier alpha value is -3.49. The first-order valence-corrected chi connectivity index (χ1v) is 7.13. The molecule has 0 aliphatic heterocycles. The number of esters is 1. The number of aryl methyl sites for hydroxylation is 2. The number of methoxy groups -OCH3 is 1. The van der Waals surface area contributed by atoms with Gasteiger partial charge in [0.15, 0.2) is 0 Å². The third-order valence-corrected chi connectivity index (χ3v) is 3.41. The van der Waals surface area contributed by atoms with E-state index < -0.39 is 27.2 Å². The number of carbonyl (C=O) groups excluding carboxylic acids is 1. The number of rotatable bonds is 5. The molecule has 0 atom stereocenters. The van der Waals surface area contributed by atoms with Crippen LogP contribution in [0.3, 0.4) is 0 Å². The Kier molecular flexibility index (Phi) is 4.97. The van der Waals surface area contributed by atoms with Gasteiger partial charge in [0.25, 0.3) is 11.4 Å². The number of nitrogens with one attached hydrogen (secondary N) is 1. The average molecular weight is 345 g/mol. The number of ether oxygens (including phenoxy) is 1. The highest BCUT2D eigenvalue weighted by Gasteiger charge is 2.28. The molecule has 1 N–H and O–H groups in total. The van der Waals surface area contributed by atoms with E-state index in [0.29, 0.717) is 5.69 Å². The summed E-state index contributed by atoms with van der Waals surface area (Å²) in [4.78, 5) is 32.8. The van der Waals surface area contributed by atoms with Gasteiger partial charge < -0.3 is 10.1 Å². The van der Waals surface area contributed by atoms with Crippen molar-refractivity contribution in [3.63, 3.8) is 0 Å². The summed E-state index contributed by atoms with van der Waals surface area (Å²) in [5, 5.41) is 25.2. The Balaban J connectivity index is 2.70. The zero-order valence-corrected chi connectivity index (χ0v) is 13.7.